The summed E-state index contributed by atoms with van der Waals surface area (Å²) in [5.41, 5.74) is 19.5. The van der Waals surface area contributed by atoms with Crippen molar-refractivity contribution in [2.75, 3.05) is 12.8 Å². The van der Waals surface area contributed by atoms with E-state index in [1.807, 2.05) is 0 Å². The fraction of sp³-hybridized carbons (Fsp3) is 0.250. The van der Waals surface area contributed by atoms with Gasteiger partial charge in [0.2, 0.25) is 0 Å². The molecular formula is C20H23FN4O2. The number of methoxy groups -OCH3 is 1. The molecule has 0 saturated heterocycles. The van der Waals surface area contributed by atoms with Crippen molar-refractivity contribution < 1.29 is 13.9 Å². The number of hydrogen-bond acceptors (Lipinski definition) is 5. The number of benzene rings is 2. The topological polar surface area (TPSA) is 116 Å². The summed E-state index contributed by atoms with van der Waals surface area (Å²) in [5.74, 6) is -0.556. The molecule has 2 aromatic carbocycles. The lowest BCUT2D eigenvalue weighted by Crippen LogP contribution is -2.42. The van der Waals surface area contributed by atoms with Gasteiger partial charge in [0.1, 0.15) is 17.3 Å². The van der Waals surface area contributed by atoms with Gasteiger partial charge in [-0.15, -0.1) is 0 Å². The number of carbonyl (C=O) groups excluding carboxylic acids is 1. The summed E-state index contributed by atoms with van der Waals surface area (Å²) >= 11 is 0. The van der Waals surface area contributed by atoms with Crippen LogP contribution in [-0.2, 0) is 4.79 Å². The Morgan fingerprint density at radius 3 is 2.52 bits per heavy atom. The van der Waals surface area contributed by atoms with E-state index in [9.17, 15) is 9.18 Å². The highest BCUT2D eigenvalue weighted by molar-refractivity contribution is 6.02. The molecule has 27 heavy (non-hydrogen) atoms. The van der Waals surface area contributed by atoms with Crippen molar-refractivity contribution in [3.63, 3.8) is 0 Å². The van der Waals surface area contributed by atoms with Gasteiger partial charge < -0.3 is 27.3 Å². The van der Waals surface area contributed by atoms with Crippen molar-refractivity contribution in [2.45, 2.75) is 25.3 Å². The maximum Gasteiger partial charge on any atom is 0.269 e. The number of hydrogen-bond donors (Lipinski definition) is 4. The number of nitrogens with one attached hydrogen (secondary N) is 1. The van der Waals surface area contributed by atoms with Crippen LogP contribution in [0.25, 0.3) is 16.8 Å². The van der Waals surface area contributed by atoms with Crippen LogP contribution in [0.5, 0.6) is 5.75 Å². The molecule has 0 heterocycles. The number of amides is 1. The second-order valence-corrected chi connectivity index (χ2v) is 6.51. The average molecular weight is 370 g/mol. The molecule has 1 saturated carbocycles. The molecular weight excluding hydrogens is 347 g/mol. The van der Waals surface area contributed by atoms with Crippen molar-refractivity contribution in [1.29, 1.82) is 0 Å². The number of para-hydroxylation sites is 1. The second kappa shape index (κ2) is 7.57. The van der Waals surface area contributed by atoms with Gasteiger partial charge in [0.25, 0.3) is 5.91 Å². The van der Waals surface area contributed by atoms with Crippen LogP contribution in [0.15, 0.2) is 42.1 Å². The van der Waals surface area contributed by atoms with Crippen LogP contribution in [0.1, 0.15) is 24.8 Å². The first kappa shape index (κ1) is 18.6. The normalized spacial score (nSPS) is 14.9. The number of halogens is 1. The monoisotopic (exact) mass is 370 g/mol. The summed E-state index contributed by atoms with van der Waals surface area (Å²) in [5, 5.41) is 2.84. The number of nitrogens with two attached hydrogens (primary N) is 3. The Bertz CT molecular complexity index is 907. The van der Waals surface area contributed by atoms with E-state index in [0.29, 0.717) is 16.9 Å². The summed E-state index contributed by atoms with van der Waals surface area (Å²) in [6, 6.07) is 9.64. The maximum absolute atomic E-state index is 14.4. The Morgan fingerprint density at radius 1 is 1.19 bits per heavy atom. The SMILES string of the molecule is COc1cccc(F)c1-c1cccc(/C(N)=C(\N)C(=O)NC2CCC2)c1N. The quantitative estimate of drug-likeness (QED) is 0.476. The summed E-state index contributed by atoms with van der Waals surface area (Å²) in [6.45, 7) is 0. The van der Waals surface area contributed by atoms with E-state index in [0.717, 1.165) is 19.3 Å². The van der Waals surface area contributed by atoms with Crippen LogP contribution < -0.4 is 27.3 Å². The van der Waals surface area contributed by atoms with Gasteiger partial charge in [-0.2, -0.15) is 0 Å². The average Bonchev–Trinajstić information content (AvgIpc) is 2.63. The van der Waals surface area contributed by atoms with Gasteiger partial charge in [0, 0.05) is 22.9 Å². The molecule has 3 rings (SSSR count). The van der Waals surface area contributed by atoms with Crippen LogP contribution in [-0.4, -0.2) is 19.1 Å². The number of ether oxygens (including phenoxy) is 1. The first-order valence-corrected chi connectivity index (χ1v) is 8.71. The van der Waals surface area contributed by atoms with Gasteiger partial charge >= 0.3 is 0 Å². The molecule has 0 radical (unpaired) electrons. The lowest BCUT2D eigenvalue weighted by Gasteiger charge is -2.26. The van der Waals surface area contributed by atoms with E-state index in [-0.39, 0.29) is 28.7 Å². The van der Waals surface area contributed by atoms with E-state index in [2.05, 4.69) is 5.32 Å². The molecule has 2 aromatic rings. The highest BCUT2D eigenvalue weighted by Gasteiger charge is 2.23. The van der Waals surface area contributed by atoms with Gasteiger partial charge in [0.15, 0.2) is 0 Å². The molecule has 1 aliphatic rings. The molecule has 0 aliphatic heterocycles. The third kappa shape index (κ3) is 3.53. The fourth-order valence-corrected chi connectivity index (χ4v) is 3.04. The van der Waals surface area contributed by atoms with Gasteiger partial charge in [0.05, 0.1) is 18.4 Å². The number of nitrogen functional groups attached to an aromatic ring is 1. The highest BCUT2D eigenvalue weighted by atomic mass is 19.1. The Labute approximate surface area is 157 Å². The van der Waals surface area contributed by atoms with Crippen molar-refractivity contribution >= 4 is 17.3 Å². The fourth-order valence-electron chi connectivity index (χ4n) is 3.04. The van der Waals surface area contributed by atoms with Gasteiger partial charge in [-0.1, -0.05) is 24.3 Å². The molecule has 7 N–H and O–H groups in total. The standard InChI is InChI=1S/C20H23FN4O2/c1-27-15-10-4-9-14(21)16(15)12-7-3-8-13(17(12)22)18(23)19(24)20(26)25-11-5-2-6-11/h3-4,7-11H,2,5-6,22-24H2,1H3,(H,25,26)/b19-18+. The molecule has 1 amide bonds. The Balaban J connectivity index is 2.02. The third-order valence-corrected chi connectivity index (χ3v) is 4.84. The van der Waals surface area contributed by atoms with Crippen LogP contribution in [0.4, 0.5) is 10.1 Å². The summed E-state index contributed by atoms with van der Waals surface area (Å²) in [4.78, 5) is 12.3. The van der Waals surface area contributed by atoms with E-state index in [1.54, 1.807) is 30.3 Å². The van der Waals surface area contributed by atoms with Crippen molar-refractivity contribution in [3.8, 4) is 16.9 Å². The number of carbonyl (C=O) groups is 1. The minimum Gasteiger partial charge on any atom is -0.496 e. The van der Waals surface area contributed by atoms with Gasteiger partial charge in [-0.05, 0) is 31.4 Å². The van der Waals surface area contributed by atoms with E-state index in [4.69, 9.17) is 21.9 Å². The lowest BCUT2D eigenvalue weighted by molar-refractivity contribution is -0.118. The Morgan fingerprint density at radius 2 is 1.89 bits per heavy atom. The zero-order valence-corrected chi connectivity index (χ0v) is 15.1. The summed E-state index contributed by atoms with van der Waals surface area (Å²) in [7, 11) is 1.45. The molecule has 1 fully saturated rings. The van der Waals surface area contributed by atoms with Crippen LogP contribution in [0, 0.1) is 5.82 Å². The highest BCUT2D eigenvalue weighted by Crippen LogP contribution is 2.38. The zero-order valence-electron chi connectivity index (χ0n) is 15.1. The minimum absolute atomic E-state index is 0.0569. The smallest absolute Gasteiger partial charge is 0.269 e. The van der Waals surface area contributed by atoms with E-state index >= 15 is 0 Å². The van der Waals surface area contributed by atoms with E-state index in [1.165, 1.54) is 13.2 Å². The zero-order chi connectivity index (χ0) is 19.6. The molecule has 0 atom stereocenters. The summed E-state index contributed by atoms with van der Waals surface area (Å²) < 4.78 is 19.7. The van der Waals surface area contributed by atoms with Gasteiger partial charge in [-0.25, -0.2) is 4.39 Å². The molecule has 6 nitrogen and oxygen atoms in total. The predicted octanol–water partition coefficient (Wildman–Crippen LogP) is 2.34. The maximum atomic E-state index is 14.4. The third-order valence-electron chi connectivity index (χ3n) is 4.84. The number of anilines is 1. The molecule has 0 unspecified atom stereocenters. The molecule has 0 bridgehead atoms. The minimum atomic E-state index is -0.476. The van der Waals surface area contributed by atoms with Crippen LogP contribution in [0.2, 0.25) is 0 Å². The predicted molar refractivity (Wildman–Crippen MR) is 104 cm³/mol. The Hall–Kier alpha value is -3.22. The second-order valence-electron chi connectivity index (χ2n) is 6.51. The largest absolute Gasteiger partial charge is 0.496 e. The van der Waals surface area contributed by atoms with Crippen LogP contribution >= 0.6 is 0 Å². The molecule has 7 heteroatoms. The molecule has 1 aliphatic carbocycles. The Kier molecular flexibility index (Phi) is 5.21. The van der Waals surface area contributed by atoms with Gasteiger partial charge in [-0.3, -0.25) is 4.79 Å². The van der Waals surface area contributed by atoms with E-state index < -0.39 is 11.7 Å². The van der Waals surface area contributed by atoms with Crippen molar-refractivity contribution in [1.82, 2.24) is 5.32 Å². The molecule has 0 aromatic heterocycles. The lowest BCUT2D eigenvalue weighted by atomic mass is 9.93. The molecule has 0 spiro atoms. The van der Waals surface area contributed by atoms with Crippen molar-refractivity contribution in [3.05, 3.63) is 53.5 Å². The summed E-state index contributed by atoms with van der Waals surface area (Å²) in [6.07, 6.45) is 2.96. The molecule has 142 valence electrons. The van der Waals surface area contributed by atoms with Crippen LogP contribution in [0.3, 0.4) is 0 Å². The number of rotatable bonds is 5. The van der Waals surface area contributed by atoms with Crippen molar-refractivity contribution in [2.24, 2.45) is 11.5 Å². The first-order valence-electron chi connectivity index (χ1n) is 8.71. The first-order chi connectivity index (χ1) is 12.9.